The Morgan fingerprint density at radius 3 is 2.62 bits per heavy atom. The number of benzene rings is 1. The fraction of sp³-hybridized carbons (Fsp3) is 0.250. The van der Waals surface area contributed by atoms with Gasteiger partial charge < -0.3 is 10.4 Å². The van der Waals surface area contributed by atoms with Crippen molar-refractivity contribution in [1.29, 1.82) is 0 Å². The Labute approximate surface area is 137 Å². The highest BCUT2D eigenvalue weighted by Crippen LogP contribution is 2.23. The molecule has 8 heteroatoms. The summed E-state index contributed by atoms with van der Waals surface area (Å²) in [5.74, 6) is 1.22. The van der Waals surface area contributed by atoms with Gasteiger partial charge in [-0.25, -0.2) is 13.6 Å². The average molecular weight is 334 g/mol. The van der Waals surface area contributed by atoms with Gasteiger partial charge in [-0.15, -0.1) is 12.3 Å². The van der Waals surface area contributed by atoms with Crippen molar-refractivity contribution >= 4 is 11.8 Å². The molecule has 2 aromatic rings. The van der Waals surface area contributed by atoms with Crippen LogP contribution in [0.1, 0.15) is 6.42 Å². The van der Waals surface area contributed by atoms with Crippen LogP contribution < -0.4 is 10.6 Å². The first-order valence-electron chi connectivity index (χ1n) is 7.05. The lowest BCUT2D eigenvalue weighted by molar-refractivity contribution is 0.225. The summed E-state index contributed by atoms with van der Waals surface area (Å²) in [5, 5.41) is 18.3. The Balaban J connectivity index is 2.14. The summed E-state index contributed by atoms with van der Waals surface area (Å²) < 4.78 is 27.9. The van der Waals surface area contributed by atoms with Gasteiger partial charge in [0.15, 0.2) is 0 Å². The number of terminal acetylenes is 1. The first kappa shape index (κ1) is 17.4. The Kier molecular flexibility index (Phi) is 5.50. The van der Waals surface area contributed by atoms with E-state index >= 15 is 0 Å². The lowest BCUT2D eigenvalue weighted by Crippen LogP contribution is -2.40. The number of hydrogen-bond donors (Lipinski definition) is 3. The zero-order valence-corrected chi connectivity index (χ0v) is 12.9. The van der Waals surface area contributed by atoms with Crippen LogP contribution in [0.4, 0.5) is 19.4 Å². The Hall–Kier alpha value is -2.92. The van der Waals surface area contributed by atoms with E-state index in [2.05, 4.69) is 21.7 Å². The molecule has 0 radical (unpaired) electrons. The first-order chi connectivity index (χ1) is 11.4. The number of aryl methyl sites for hydroxylation is 1. The highest BCUT2D eigenvalue weighted by molar-refractivity contribution is 5.89. The molecule has 1 unspecified atom stereocenters. The van der Waals surface area contributed by atoms with Crippen molar-refractivity contribution in [1.82, 2.24) is 15.1 Å². The van der Waals surface area contributed by atoms with Gasteiger partial charge >= 0.3 is 6.03 Å². The molecule has 24 heavy (non-hydrogen) atoms. The van der Waals surface area contributed by atoms with E-state index in [4.69, 9.17) is 11.5 Å². The average Bonchev–Trinajstić information content (AvgIpc) is 2.87. The molecule has 0 aliphatic heterocycles. The lowest BCUT2D eigenvalue weighted by Gasteiger charge is -2.14. The second kappa shape index (κ2) is 7.57. The van der Waals surface area contributed by atoms with Gasteiger partial charge in [-0.2, -0.15) is 5.10 Å². The number of nitrogens with zero attached hydrogens (tertiary/aromatic N) is 2. The second-order valence-corrected chi connectivity index (χ2v) is 5.08. The first-order valence-corrected chi connectivity index (χ1v) is 7.05. The summed E-state index contributed by atoms with van der Waals surface area (Å²) in [4.78, 5) is 11.9. The van der Waals surface area contributed by atoms with Crippen LogP contribution in [0.15, 0.2) is 24.3 Å². The molecule has 1 aromatic heterocycles. The molecule has 6 nitrogen and oxygen atoms in total. The van der Waals surface area contributed by atoms with E-state index in [0.29, 0.717) is 11.5 Å². The number of hydrogen-bond acceptors (Lipinski definition) is 3. The zero-order valence-electron chi connectivity index (χ0n) is 12.9. The summed E-state index contributed by atoms with van der Waals surface area (Å²) in [7, 11) is 1.57. The van der Waals surface area contributed by atoms with E-state index in [9.17, 15) is 13.6 Å². The van der Waals surface area contributed by atoms with Gasteiger partial charge in [0, 0.05) is 31.2 Å². The summed E-state index contributed by atoms with van der Waals surface area (Å²) in [6, 6.07) is 3.38. The van der Waals surface area contributed by atoms with Crippen LogP contribution in [0.5, 0.6) is 0 Å². The van der Waals surface area contributed by atoms with Crippen molar-refractivity contribution in [3.05, 3.63) is 35.9 Å². The van der Waals surface area contributed by atoms with Crippen molar-refractivity contribution < 1.29 is 18.7 Å². The molecule has 0 saturated carbocycles. The molecule has 0 aliphatic carbocycles. The third-order valence-electron chi connectivity index (χ3n) is 3.20. The van der Waals surface area contributed by atoms with Crippen molar-refractivity contribution in [2.75, 3.05) is 11.9 Å². The number of anilines is 1. The van der Waals surface area contributed by atoms with Gasteiger partial charge in [-0.05, 0) is 12.1 Å². The molecule has 1 aromatic carbocycles. The van der Waals surface area contributed by atoms with Crippen molar-refractivity contribution in [2.45, 2.75) is 12.5 Å². The van der Waals surface area contributed by atoms with E-state index in [1.54, 1.807) is 7.05 Å². The fourth-order valence-electron chi connectivity index (χ4n) is 2.07. The molecule has 3 N–H and O–H groups in total. The van der Waals surface area contributed by atoms with E-state index < -0.39 is 23.7 Å². The highest BCUT2D eigenvalue weighted by atomic mass is 19.1. The maximum absolute atomic E-state index is 13.3. The number of carbonyl (C=O) groups is 1. The van der Waals surface area contributed by atoms with Crippen molar-refractivity contribution in [2.24, 2.45) is 7.05 Å². The SMILES string of the molecule is C#CCC(CO)NC(=O)Nc1cc(-c2cc(F)cc(F)c2)nn1C. The third kappa shape index (κ3) is 4.30. The van der Waals surface area contributed by atoms with E-state index in [1.807, 2.05) is 0 Å². The summed E-state index contributed by atoms with van der Waals surface area (Å²) >= 11 is 0. The standard InChI is InChI=1S/C16H16F2N4O2/c1-3-4-13(9-23)19-16(24)20-15-8-14(21-22(15)2)10-5-11(17)7-12(18)6-10/h1,5-8,13,23H,4,9H2,2H3,(H2,19,20,24). The molecule has 2 rings (SSSR count). The Bertz CT molecular complexity index is 763. The smallest absolute Gasteiger partial charge is 0.320 e. The third-order valence-corrected chi connectivity index (χ3v) is 3.20. The summed E-state index contributed by atoms with van der Waals surface area (Å²) in [6.07, 6.45) is 5.32. The van der Waals surface area contributed by atoms with Gasteiger partial charge in [0.25, 0.3) is 0 Å². The van der Waals surface area contributed by atoms with Gasteiger partial charge in [0.05, 0.1) is 18.3 Å². The van der Waals surface area contributed by atoms with Crippen molar-refractivity contribution in [3.63, 3.8) is 0 Å². The Morgan fingerprint density at radius 1 is 1.38 bits per heavy atom. The minimum atomic E-state index is -0.719. The predicted octanol–water partition coefficient (Wildman–Crippen LogP) is 1.87. The molecule has 0 spiro atoms. The van der Waals surface area contributed by atoms with Gasteiger partial charge in [0.1, 0.15) is 17.5 Å². The molecule has 0 aliphatic rings. The number of nitrogens with one attached hydrogen (secondary N) is 2. The van der Waals surface area contributed by atoms with Gasteiger partial charge in [0.2, 0.25) is 0 Å². The van der Waals surface area contributed by atoms with Crippen LogP contribution in [0.3, 0.4) is 0 Å². The van der Waals surface area contributed by atoms with Crippen LogP contribution in [-0.2, 0) is 7.05 Å². The molecule has 2 amide bonds. The molecule has 1 atom stereocenters. The van der Waals surface area contributed by atoms with E-state index in [1.165, 1.54) is 10.7 Å². The Morgan fingerprint density at radius 2 is 2.04 bits per heavy atom. The van der Waals surface area contributed by atoms with Gasteiger partial charge in [-0.1, -0.05) is 0 Å². The maximum atomic E-state index is 13.3. The fourth-order valence-corrected chi connectivity index (χ4v) is 2.07. The number of aliphatic hydroxyl groups is 1. The van der Waals surface area contributed by atoms with Crippen LogP contribution >= 0.6 is 0 Å². The highest BCUT2D eigenvalue weighted by Gasteiger charge is 2.14. The number of aromatic nitrogens is 2. The lowest BCUT2D eigenvalue weighted by atomic mass is 10.1. The summed E-state index contributed by atoms with van der Waals surface area (Å²) in [5.41, 5.74) is 0.547. The summed E-state index contributed by atoms with van der Waals surface area (Å²) in [6.45, 7) is -0.295. The normalized spacial score (nSPS) is 11.6. The number of urea groups is 1. The molecular formula is C16H16F2N4O2. The maximum Gasteiger partial charge on any atom is 0.320 e. The number of amides is 2. The molecule has 0 fully saturated rings. The monoisotopic (exact) mass is 334 g/mol. The quantitative estimate of drug-likeness (QED) is 0.731. The van der Waals surface area contributed by atoms with Crippen LogP contribution in [0.2, 0.25) is 0 Å². The molecule has 126 valence electrons. The van der Waals surface area contributed by atoms with Crippen LogP contribution in [0, 0.1) is 24.0 Å². The number of halogens is 2. The number of rotatable bonds is 5. The van der Waals surface area contributed by atoms with E-state index in [-0.39, 0.29) is 18.6 Å². The minimum Gasteiger partial charge on any atom is -0.394 e. The topological polar surface area (TPSA) is 79.2 Å². The van der Waals surface area contributed by atoms with Gasteiger partial charge in [-0.3, -0.25) is 10.00 Å². The molecule has 0 bridgehead atoms. The molecule has 1 heterocycles. The number of carbonyl (C=O) groups excluding carboxylic acids is 1. The second-order valence-electron chi connectivity index (χ2n) is 5.08. The van der Waals surface area contributed by atoms with Crippen LogP contribution in [-0.4, -0.2) is 33.6 Å². The molecular weight excluding hydrogens is 318 g/mol. The number of aliphatic hydroxyl groups excluding tert-OH is 1. The minimum absolute atomic E-state index is 0.184. The van der Waals surface area contributed by atoms with Crippen LogP contribution in [0.25, 0.3) is 11.3 Å². The predicted molar refractivity (Wildman–Crippen MR) is 85.0 cm³/mol. The van der Waals surface area contributed by atoms with E-state index in [0.717, 1.165) is 18.2 Å². The van der Waals surface area contributed by atoms with Crippen molar-refractivity contribution in [3.8, 4) is 23.6 Å². The largest absolute Gasteiger partial charge is 0.394 e. The zero-order chi connectivity index (χ0) is 17.7. The molecule has 0 saturated heterocycles.